The lowest BCUT2D eigenvalue weighted by Crippen LogP contribution is -2.00. The highest BCUT2D eigenvalue weighted by Crippen LogP contribution is 2.41. The number of furan rings is 1. The van der Waals surface area contributed by atoms with Gasteiger partial charge in [-0.05, 0) is 65.7 Å². The number of hydrogen-bond donors (Lipinski definition) is 0. The van der Waals surface area contributed by atoms with Crippen LogP contribution >= 0.6 is 11.3 Å². The highest BCUT2D eigenvalue weighted by Gasteiger charge is 2.21. The third-order valence-electron chi connectivity index (χ3n) is 11.0. The van der Waals surface area contributed by atoms with Gasteiger partial charge < -0.3 is 8.98 Å². The second-order valence-electron chi connectivity index (χ2n) is 14.4. The van der Waals surface area contributed by atoms with Gasteiger partial charge in [0, 0.05) is 58.5 Å². The molecule has 0 radical (unpaired) electrons. The Morgan fingerprint density at radius 1 is 0.386 bits per heavy atom. The summed E-state index contributed by atoms with van der Waals surface area (Å²) in [5, 5.41) is 6.87. The van der Waals surface area contributed by atoms with Gasteiger partial charge in [0.25, 0.3) is 0 Å². The topological polar surface area (TPSA) is 56.7 Å². The summed E-state index contributed by atoms with van der Waals surface area (Å²) in [5.74, 6) is 1.78. The highest BCUT2D eigenvalue weighted by molar-refractivity contribution is 7.25. The van der Waals surface area contributed by atoms with E-state index in [9.17, 15) is 0 Å². The first kappa shape index (κ1) is 31.9. The van der Waals surface area contributed by atoms with Gasteiger partial charge in [-0.15, -0.1) is 11.3 Å². The van der Waals surface area contributed by atoms with E-state index >= 15 is 0 Å². The predicted molar refractivity (Wildman–Crippen MR) is 236 cm³/mol. The van der Waals surface area contributed by atoms with Gasteiger partial charge in [-0.1, -0.05) is 127 Å². The van der Waals surface area contributed by atoms with Crippen LogP contribution in [0.1, 0.15) is 0 Å². The molecule has 0 aliphatic heterocycles. The van der Waals surface area contributed by atoms with Crippen LogP contribution in [0.4, 0.5) is 0 Å². The fourth-order valence-electron chi connectivity index (χ4n) is 8.38. The number of thiophene rings is 1. The Kier molecular flexibility index (Phi) is 7.03. The van der Waals surface area contributed by atoms with Crippen molar-refractivity contribution >= 4 is 75.3 Å². The summed E-state index contributed by atoms with van der Waals surface area (Å²) < 4.78 is 11.7. The fourth-order valence-corrected chi connectivity index (χ4v) is 9.52. The molecule has 0 aliphatic carbocycles. The second-order valence-corrected chi connectivity index (χ2v) is 15.5. The van der Waals surface area contributed by atoms with Crippen LogP contribution in [0.25, 0.3) is 115 Å². The maximum atomic E-state index is 6.86. The smallest absolute Gasteiger partial charge is 0.167 e. The molecule has 12 aromatic rings. The van der Waals surface area contributed by atoms with Crippen LogP contribution in [0, 0.1) is 0 Å². The zero-order valence-corrected chi connectivity index (χ0v) is 31.2. The largest absolute Gasteiger partial charge is 0.455 e. The first-order chi connectivity index (χ1) is 28.2. The standard InChI is InChI=1S/C51H30N4OS/c1-3-13-31(14-4-1)32-15-11-16-33(27-32)49-52-50(34-25-26-38-37-20-8-10-24-46(37)57-47(38)28-34)54-51(53-49)40-22-12-21-39-42-29-44-41(30-45(42)56-48(39)40)36-19-7-9-23-43(36)55(44)35-17-5-2-6-18-35/h1-30H. The molecule has 0 amide bonds. The molecule has 57 heavy (non-hydrogen) atoms. The van der Waals surface area contributed by atoms with E-state index in [0.717, 1.165) is 71.9 Å². The van der Waals surface area contributed by atoms with Crippen LogP contribution in [0.5, 0.6) is 0 Å². The van der Waals surface area contributed by atoms with Crippen molar-refractivity contribution in [2.75, 3.05) is 0 Å². The molecule has 8 aromatic carbocycles. The minimum absolute atomic E-state index is 0.560. The van der Waals surface area contributed by atoms with E-state index in [1.54, 1.807) is 11.3 Å². The number of benzene rings is 8. The molecule has 0 saturated carbocycles. The minimum Gasteiger partial charge on any atom is -0.455 e. The number of rotatable bonds is 5. The van der Waals surface area contributed by atoms with E-state index in [1.807, 2.05) is 6.07 Å². The summed E-state index contributed by atoms with van der Waals surface area (Å²) in [7, 11) is 0. The molecule has 5 nitrogen and oxygen atoms in total. The van der Waals surface area contributed by atoms with Crippen molar-refractivity contribution in [2.45, 2.75) is 0 Å². The van der Waals surface area contributed by atoms with Gasteiger partial charge in [-0.25, -0.2) is 15.0 Å². The zero-order valence-electron chi connectivity index (χ0n) is 30.4. The molecule has 12 rings (SSSR count). The fraction of sp³-hybridized carbons (Fsp3) is 0. The molecule has 0 N–H and O–H groups in total. The summed E-state index contributed by atoms with van der Waals surface area (Å²) in [4.78, 5) is 15.6. The van der Waals surface area contributed by atoms with E-state index in [0.29, 0.717) is 17.5 Å². The Balaban J connectivity index is 1.08. The average molecular weight is 747 g/mol. The van der Waals surface area contributed by atoms with Gasteiger partial charge >= 0.3 is 0 Å². The third-order valence-corrected chi connectivity index (χ3v) is 12.2. The highest BCUT2D eigenvalue weighted by atomic mass is 32.1. The number of para-hydroxylation sites is 3. The van der Waals surface area contributed by atoms with Crippen molar-refractivity contribution in [2.24, 2.45) is 0 Å². The second kappa shape index (κ2) is 12.6. The van der Waals surface area contributed by atoms with Crippen LogP contribution < -0.4 is 0 Å². The minimum atomic E-state index is 0.560. The summed E-state index contributed by atoms with van der Waals surface area (Å²) in [6, 6.07) is 63.8. The molecule has 0 aliphatic rings. The Bertz CT molecular complexity index is 3530. The van der Waals surface area contributed by atoms with Crippen molar-refractivity contribution in [1.82, 2.24) is 19.5 Å². The van der Waals surface area contributed by atoms with Crippen molar-refractivity contribution in [1.29, 1.82) is 0 Å². The molecule has 0 saturated heterocycles. The molecule has 0 bridgehead atoms. The normalized spacial score (nSPS) is 11.9. The molecule has 0 unspecified atom stereocenters. The van der Waals surface area contributed by atoms with Crippen molar-refractivity contribution < 1.29 is 4.42 Å². The van der Waals surface area contributed by atoms with Crippen LogP contribution in [0.3, 0.4) is 0 Å². The monoisotopic (exact) mass is 746 g/mol. The first-order valence-electron chi connectivity index (χ1n) is 19.0. The molecule has 4 aromatic heterocycles. The number of fused-ring (bicyclic) bond motifs is 9. The molecule has 0 spiro atoms. The molecule has 0 fully saturated rings. The van der Waals surface area contributed by atoms with E-state index in [2.05, 4.69) is 180 Å². The van der Waals surface area contributed by atoms with E-state index in [1.165, 1.54) is 25.6 Å². The Labute approximate surface area is 330 Å². The predicted octanol–water partition coefficient (Wildman–Crippen LogP) is 13.9. The van der Waals surface area contributed by atoms with Gasteiger partial charge in [-0.3, -0.25) is 0 Å². The van der Waals surface area contributed by atoms with Gasteiger partial charge in [0.1, 0.15) is 11.2 Å². The zero-order chi connectivity index (χ0) is 37.5. The van der Waals surface area contributed by atoms with Gasteiger partial charge in [0.05, 0.1) is 16.6 Å². The van der Waals surface area contributed by atoms with E-state index in [-0.39, 0.29) is 0 Å². The van der Waals surface area contributed by atoms with E-state index in [4.69, 9.17) is 19.4 Å². The van der Waals surface area contributed by atoms with Gasteiger partial charge in [-0.2, -0.15) is 0 Å². The average Bonchev–Trinajstić information content (AvgIpc) is 3.95. The summed E-state index contributed by atoms with van der Waals surface area (Å²) >= 11 is 1.79. The van der Waals surface area contributed by atoms with Crippen LogP contribution in [-0.2, 0) is 0 Å². The summed E-state index contributed by atoms with van der Waals surface area (Å²) in [5.41, 5.74) is 9.87. The number of nitrogens with zero attached hydrogens (tertiary/aromatic N) is 4. The SMILES string of the molecule is c1ccc(-c2cccc(-c3nc(-c4ccc5c(c4)sc4ccccc45)nc(-c4cccc5c4oc4cc6c7ccccc7n(-c7ccccc7)c6cc45)n3)c2)cc1. The summed E-state index contributed by atoms with van der Waals surface area (Å²) in [6.45, 7) is 0. The molecule has 4 heterocycles. The first-order valence-corrected chi connectivity index (χ1v) is 19.8. The quantitative estimate of drug-likeness (QED) is 0.176. The molecule has 0 atom stereocenters. The summed E-state index contributed by atoms with van der Waals surface area (Å²) in [6.07, 6.45) is 0. The Morgan fingerprint density at radius 3 is 1.89 bits per heavy atom. The van der Waals surface area contributed by atoms with Gasteiger partial charge in [0.15, 0.2) is 17.5 Å². The lowest BCUT2D eigenvalue weighted by molar-refractivity contribution is 0.670. The van der Waals surface area contributed by atoms with Crippen molar-refractivity contribution in [3.63, 3.8) is 0 Å². The lowest BCUT2D eigenvalue weighted by Gasteiger charge is -2.10. The number of aromatic nitrogens is 4. The molecular formula is C51H30N4OS. The van der Waals surface area contributed by atoms with Crippen molar-refractivity contribution in [3.8, 4) is 51.0 Å². The van der Waals surface area contributed by atoms with Crippen LogP contribution in [-0.4, -0.2) is 19.5 Å². The lowest BCUT2D eigenvalue weighted by atomic mass is 10.0. The Hall–Kier alpha value is -7.41. The van der Waals surface area contributed by atoms with Crippen molar-refractivity contribution in [3.05, 3.63) is 182 Å². The van der Waals surface area contributed by atoms with Crippen LogP contribution in [0.2, 0.25) is 0 Å². The molecular weight excluding hydrogens is 717 g/mol. The number of hydrogen-bond acceptors (Lipinski definition) is 5. The molecule has 266 valence electrons. The molecule has 6 heteroatoms. The Morgan fingerprint density at radius 2 is 1.04 bits per heavy atom. The van der Waals surface area contributed by atoms with Gasteiger partial charge in [0.2, 0.25) is 0 Å². The van der Waals surface area contributed by atoms with E-state index < -0.39 is 0 Å². The maximum absolute atomic E-state index is 6.86. The maximum Gasteiger partial charge on any atom is 0.167 e. The third kappa shape index (κ3) is 5.12. The van der Waals surface area contributed by atoms with Crippen LogP contribution in [0.15, 0.2) is 186 Å².